The molecule has 7 heteroatoms. The summed E-state index contributed by atoms with van der Waals surface area (Å²) in [5.74, 6) is -0.331. The average Bonchev–Trinajstić information content (AvgIpc) is 2.88. The molecule has 0 atom stereocenters. The Hall–Kier alpha value is -1.18. The van der Waals surface area contributed by atoms with E-state index in [0.717, 1.165) is 42.6 Å². The van der Waals surface area contributed by atoms with Gasteiger partial charge in [-0.2, -0.15) is 0 Å². The summed E-state index contributed by atoms with van der Waals surface area (Å²) < 4.78 is 4.82. The Morgan fingerprint density at radius 1 is 1.41 bits per heavy atom. The fourth-order valence-electron chi connectivity index (χ4n) is 2.54. The number of ether oxygens (including phenoxy) is 1. The van der Waals surface area contributed by atoms with Crippen molar-refractivity contribution in [2.45, 2.75) is 20.3 Å². The SMILES string of the molecule is CCCN1CCN(C(=S)Nc2sc(C)cc2C(=O)OC)CC1. The van der Waals surface area contributed by atoms with Gasteiger partial charge in [-0.3, -0.25) is 4.90 Å². The van der Waals surface area contributed by atoms with Crippen LogP contribution in [-0.2, 0) is 4.74 Å². The van der Waals surface area contributed by atoms with Crippen molar-refractivity contribution in [1.82, 2.24) is 9.80 Å². The van der Waals surface area contributed by atoms with E-state index in [-0.39, 0.29) is 5.97 Å². The molecule has 1 N–H and O–H groups in total. The predicted molar refractivity (Wildman–Crippen MR) is 94.9 cm³/mol. The monoisotopic (exact) mass is 341 g/mol. The first-order valence-corrected chi connectivity index (χ1v) is 8.74. The van der Waals surface area contributed by atoms with Gasteiger partial charge in [0.05, 0.1) is 12.7 Å². The summed E-state index contributed by atoms with van der Waals surface area (Å²) >= 11 is 7.02. The van der Waals surface area contributed by atoms with Crippen LogP contribution in [0.1, 0.15) is 28.6 Å². The number of thiocarbonyl (C=S) groups is 1. The lowest BCUT2D eigenvalue weighted by Crippen LogP contribution is -2.50. The van der Waals surface area contributed by atoms with Crippen molar-refractivity contribution >= 4 is 39.6 Å². The summed E-state index contributed by atoms with van der Waals surface area (Å²) in [6.45, 7) is 9.21. The second-order valence-electron chi connectivity index (χ2n) is 5.35. The Bertz CT molecular complexity index is 537. The molecule has 1 aliphatic rings. The number of methoxy groups -OCH3 is 1. The summed E-state index contributed by atoms with van der Waals surface area (Å²) in [4.78, 5) is 17.5. The number of aryl methyl sites for hydroxylation is 1. The molecule has 1 aliphatic heterocycles. The van der Waals surface area contributed by atoms with E-state index in [1.807, 2.05) is 13.0 Å². The third kappa shape index (κ3) is 4.18. The molecule has 1 aromatic heterocycles. The molecule has 0 bridgehead atoms. The summed E-state index contributed by atoms with van der Waals surface area (Å²) in [7, 11) is 1.39. The first-order chi connectivity index (χ1) is 10.5. The Morgan fingerprint density at radius 3 is 2.68 bits per heavy atom. The predicted octanol–water partition coefficient (Wildman–Crippen LogP) is 2.57. The highest BCUT2D eigenvalue weighted by Gasteiger charge is 2.21. The lowest BCUT2D eigenvalue weighted by Gasteiger charge is -2.36. The van der Waals surface area contributed by atoms with E-state index in [1.165, 1.54) is 24.9 Å². The van der Waals surface area contributed by atoms with E-state index >= 15 is 0 Å². The van der Waals surface area contributed by atoms with Gasteiger partial charge in [0.2, 0.25) is 0 Å². The van der Waals surface area contributed by atoms with Gasteiger partial charge in [0, 0.05) is 31.1 Å². The van der Waals surface area contributed by atoms with Crippen LogP contribution >= 0.6 is 23.6 Å². The van der Waals surface area contributed by atoms with E-state index in [0.29, 0.717) is 10.7 Å². The molecule has 5 nitrogen and oxygen atoms in total. The van der Waals surface area contributed by atoms with Crippen molar-refractivity contribution in [1.29, 1.82) is 0 Å². The van der Waals surface area contributed by atoms with Gasteiger partial charge in [0.25, 0.3) is 0 Å². The van der Waals surface area contributed by atoms with Crippen LogP contribution in [0.15, 0.2) is 6.07 Å². The maximum atomic E-state index is 11.8. The molecule has 122 valence electrons. The molecule has 0 radical (unpaired) electrons. The highest BCUT2D eigenvalue weighted by Crippen LogP contribution is 2.28. The zero-order chi connectivity index (χ0) is 16.1. The number of hydrogen-bond donors (Lipinski definition) is 1. The van der Waals surface area contributed by atoms with Crippen LogP contribution in [0.4, 0.5) is 5.00 Å². The van der Waals surface area contributed by atoms with Crippen molar-refractivity contribution < 1.29 is 9.53 Å². The first kappa shape index (κ1) is 17.2. The van der Waals surface area contributed by atoms with Crippen molar-refractivity contribution in [3.8, 4) is 0 Å². The normalized spacial score (nSPS) is 15.7. The third-order valence-corrected chi connectivity index (χ3v) is 5.01. The molecule has 0 amide bonds. The summed E-state index contributed by atoms with van der Waals surface area (Å²) in [5.41, 5.74) is 0.553. The van der Waals surface area contributed by atoms with Crippen molar-refractivity contribution in [3.05, 3.63) is 16.5 Å². The Morgan fingerprint density at radius 2 is 2.09 bits per heavy atom. The number of thiophene rings is 1. The minimum atomic E-state index is -0.331. The largest absolute Gasteiger partial charge is 0.465 e. The van der Waals surface area contributed by atoms with E-state index in [4.69, 9.17) is 17.0 Å². The minimum Gasteiger partial charge on any atom is -0.465 e. The highest BCUT2D eigenvalue weighted by molar-refractivity contribution is 7.80. The number of nitrogens with zero attached hydrogens (tertiary/aromatic N) is 2. The quantitative estimate of drug-likeness (QED) is 0.671. The van der Waals surface area contributed by atoms with Gasteiger partial charge in [-0.05, 0) is 38.2 Å². The Balaban J connectivity index is 1.97. The van der Waals surface area contributed by atoms with Crippen molar-refractivity contribution in [3.63, 3.8) is 0 Å². The van der Waals surface area contributed by atoms with Crippen LogP contribution in [0.25, 0.3) is 0 Å². The Kier molecular flexibility index (Phi) is 6.16. The van der Waals surface area contributed by atoms with Gasteiger partial charge in [0.15, 0.2) is 5.11 Å². The summed E-state index contributed by atoms with van der Waals surface area (Å²) in [5, 5.41) is 4.67. The molecule has 0 saturated carbocycles. The highest BCUT2D eigenvalue weighted by atomic mass is 32.1. The molecule has 0 aromatic carbocycles. The smallest absolute Gasteiger partial charge is 0.340 e. The second-order valence-corrected chi connectivity index (χ2v) is 6.99. The summed E-state index contributed by atoms with van der Waals surface area (Å²) in [6, 6.07) is 1.83. The zero-order valence-corrected chi connectivity index (χ0v) is 15.0. The van der Waals surface area contributed by atoms with Crippen LogP contribution in [-0.4, -0.2) is 60.7 Å². The summed E-state index contributed by atoms with van der Waals surface area (Å²) in [6.07, 6.45) is 1.18. The van der Waals surface area contributed by atoms with E-state index in [9.17, 15) is 4.79 Å². The second kappa shape index (κ2) is 7.89. The lowest BCUT2D eigenvalue weighted by molar-refractivity contribution is 0.0602. The molecular formula is C15H23N3O2S2. The van der Waals surface area contributed by atoms with E-state index in [2.05, 4.69) is 22.0 Å². The number of carbonyl (C=O) groups excluding carboxylic acids is 1. The average molecular weight is 342 g/mol. The molecule has 1 aromatic rings. The van der Waals surface area contributed by atoms with Crippen LogP contribution < -0.4 is 5.32 Å². The van der Waals surface area contributed by atoms with E-state index in [1.54, 1.807) is 0 Å². The Labute approximate surface area is 141 Å². The fraction of sp³-hybridized carbons (Fsp3) is 0.600. The number of anilines is 1. The number of carbonyl (C=O) groups is 1. The van der Waals surface area contributed by atoms with Gasteiger partial charge in [0.1, 0.15) is 5.00 Å². The first-order valence-electron chi connectivity index (χ1n) is 7.52. The van der Waals surface area contributed by atoms with Crippen molar-refractivity contribution in [2.24, 2.45) is 0 Å². The minimum absolute atomic E-state index is 0.331. The number of esters is 1. The van der Waals surface area contributed by atoms with Gasteiger partial charge in [-0.15, -0.1) is 11.3 Å². The maximum Gasteiger partial charge on any atom is 0.340 e. The molecule has 1 fully saturated rings. The zero-order valence-electron chi connectivity index (χ0n) is 13.3. The van der Waals surface area contributed by atoms with Crippen LogP contribution in [0.2, 0.25) is 0 Å². The van der Waals surface area contributed by atoms with E-state index < -0.39 is 0 Å². The third-order valence-electron chi connectivity index (χ3n) is 3.68. The number of hydrogen-bond acceptors (Lipinski definition) is 5. The number of piperazine rings is 1. The molecule has 2 heterocycles. The van der Waals surface area contributed by atoms with Crippen LogP contribution in [0.3, 0.4) is 0 Å². The fourth-order valence-corrected chi connectivity index (χ4v) is 3.78. The number of rotatable bonds is 4. The van der Waals surface area contributed by atoms with Gasteiger partial charge in [-0.1, -0.05) is 6.92 Å². The molecule has 0 spiro atoms. The molecule has 1 saturated heterocycles. The van der Waals surface area contributed by atoms with Gasteiger partial charge < -0.3 is 15.0 Å². The maximum absolute atomic E-state index is 11.8. The molecule has 22 heavy (non-hydrogen) atoms. The van der Waals surface area contributed by atoms with Gasteiger partial charge >= 0.3 is 5.97 Å². The molecule has 2 rings (SSSR count). The molecule has 0 aliphatic carbocycles. The van der Waals surface area contributed by atoms with Gasteiger partial charge in [-0.25, -0.2) is 4.79 Å². The van der Waals surface area contributed by atoms with Crippen LogP contribution in [0, 0.1) is 6.92 Å². The van der Waals surface area contributed by atoms with Crippen LogP contribution in [0.5, 0.6) is 0 Å². The van der Waals surface area contributed by atoms with Crippen molar-refractivity contribution in [2.75, 3.05) is 45.2 Å². The molecule has 0 unspecified atom stereocenters. The lowest BCUT2D eigenvalue weighted by atomic mass is 10.3. The molecular weight excluding hydrogens is 318 g/mol. The number of nitrogens with one attached hydrogen (secondary N) is 1. The standard InChI is InChI=1S/C15H23N3O2S2/c1-4-5-17-6-8-18(9-7-17)15(21)16-13-12(14(19)20-3)10-11(2)22-13/h10H,4-9H2,1-3H3,(H,16,21). The topological polar surface area (TPSA) is 44.8 Å².